The van der Waals surface area contributed by atoms with Crippen molar-refractivity contribution >= 4 is 10.0 Å². The quantitative estimate of drug-likeness (QED) is 0.706. The minimum atomic E-state index is -3.10. The molecule has 4 saturated carbocycles. The number of unbranched alkanes of at least 4 members (excludes halogenated alkanes) is 1. The zero-order valence-corrected chi connectivity index (χ0v) is 13.3. The van der Waals surface area contributed by atoms with Gasteiger partial charge in [-0.05, 0) is 82.7 Å². The summed E-state index contributed by atoms with van der Waals surface area (Å²) in [7, 11) is -1.20. The van der Waals surface area contributed by atoms with Gasteiger partial charge in [0.15, 0.2) is 0 Å². The molecule has 20 heavy (non-hydrogen) atoms. The Kier molecular flexibility index (Phi) is 4.13. The molecular formula is C15H28N2O2S. The summed E-state index contributed by atoms with van der Waals surface area (Å²) in [5.41, 5.74) is -0.0728. The molecular weight excluding hydrogens is 272 g/mol. The third-order valence-corrected chi connectivity index (χ3v) is 7.07. The molecule has 0 atom stereocenters. The van der Waals surface area contributed by atoms with Crippen molar-refractivity contribution in [1.82, 2.24) is 10.0 Å². The average molecular weight is 300 g/mol. The van der Waals surface area contributed by atoms with Gasteiger partial charge >= 0.3 is 0 Å². The first-order valence-corrected chi connectivity index (χ1v) is 9.82. The van der Waals surface area contributed by atoms with E-state index in [4.69, 9.17) is 0 Å². The molecule has 4 fully saturated rings. The number of nitrogens with one attached hydrogen (secondary N) is 2. The zero-order chi connectivity index (χ0) is 14.2. The lowest BCUT2D eigenvalue weighted by atomic mass is 9.53. The van der Waals surface area contributed by atoms with Gasteiger partial charge in [-0.2, -0.15) is 0 Å². The van der Waals surface area contributed by atoms with Gasteiger partial charge in [0.1, 0.15) is 0 Å². The fourth-order valence-corrected chi connectivity index (χ4v) is 6.81. The monoisotopic (exact) mass is 300 g/mol. The first kappa shape index (κ1) is 14.8. The largest absolute Gasteiger partial charge is 0.320 e. The maximum Gasteiger partial charge on any atom is 0.212 e. The van der Waals surface area contributed by atoms with E-state index in [0.29, 0.717) is 0 Å². The summed E-state index contributed by atoms with van der Waals surface area (Å²) in [4.78, 5) is 0. The van der Waals surface area contributed by atoms with Crippen molar-refractivity contribution in [2.24, 2.45) is 17.8 Å². The Hall–Kier alpha value is -0.130. The van der Waals surface area contributed by atoms with Crippen LogP contribution in [0.3, 0.4) is 0 Å². The third-order valence-electron chi connectivity index (χ3n) is 5.50. The second-order valence-corrected chi connectivity index (χ2v) is 9.27. The SMILES string of the molecule is CNCCCCS(=O)(=O)NC12CC3CC(CC(C3)C1)C2. The highest BCUT2D eigenvalue weighted by molar-refractivity contribution is 7.89. The molecule has 4 nitrogen and oxygen atoms in total. The second-order valence-electron chi connectivity index (χ2n) is 7.43. The molecule has 4 bridgehead atoms. The van der Waals surface area contributed by atoms with Crippen LogP contribution in [-0.2, 0) is 10.0 Å². The van der Waals surface area contributed by atoms with Gasteiger partial charge in [0, 0.05) is 5.54 Å². The fraction of sp³-hybridized carbons (Fsp3) is 1.00. The van der Waals surface area contributed by atoms with Crippen LogP contribution in [0.4, 0.5) is 0 Å². The van der Waals surface area contributed by atoms with Crippen LogP contribution in [0.5, 0.6) is 0 Å². The molecule has 0 saturated heterocycles. The van der Waals surface area contributed by atoms with Crippen molar-refractivity contribution in [2.45, 2.75) is 56.9 Å². The molecule has 5 heteroatoms. The summed E-state index contributed by atoms with van der Waals surface area (Å²) < 4.78 is 27.8. The summed E-state index contributed by atoms with van der Waals surface area (Å²) in [5.74, 6) is 2.64. The highest BCUT2D eigenvalue weighted by Gasteiger charge is 2.52. The van der Waals surface area contributed by atoms with Crippen LogP contribution in [0.15, 0.2) is 0 Å². The Labute approximate surface area is 123 Å². The molecule has 0 unspecified atom stereocenters. The summed E-state index contributed by atoms with van der Waals surface area (Å²) in [5, 5.41) is 3.07. The Bertz CT molecular complexity index is 412. The van der Waals surface area contributed by atoms with Crippen molar-refractivity contribution in [2.75, 3.05) is 19.3 Å². The molecule has 2 N–H and O–H groups in total. The van der Waals surface area contributed by atoms with Gasteiger partial charge in [0.2, 0.25) is 10.0 Å². The van der Waals surface area contributed by atoms with E-state index < -0.39 is 10.0 Å². The van der Waals surface area contributed by atoms with E-state index in [9.17, 15) is 8.42 Å². The predicted molar refractivity (Wildman–Crippen MR) is 81.0 cm³/mol. The van der Waals surface area contributed by atoms with Gasteiger partial charge in [0.25, 0.3) is 0 Å². The predicted octanol–water partition coefficient (Wildman–Crippen LogP) is 1.87. The van der Waals surface area contributed by atoms with E-state index in [1.165, 1.54) is 19.3 Å². The summed E-state index contributed by atoms with van der Waals surface area (Å²) in [6.45, 7) is 0.896. The lowest BCUT2D eigenvalue weighted by Gasteiger charge is -2.56. The van der Waals surface area contributed by atoms with Crippen LogP contribution >= 0.6 is 0 Å². The molecule has 4 aliphatic rings. The van der Waals surface area contributed by atoms with Crippen molar-refractivity contribution in [3.63, 3.8) is 0 Å². The third kappa shape index (κ3) is 3.20. The lowest BCUT2D eigenvalue weighted by Crippen LogP contribution is -2.60. The van der Waals surface area contributed by atoms with Crippen molar-refractivity contribution in [3.05, 3.63) is 0 Å². The first-order valence-electron chi connectivity index (χ1n) is 8.16. The van der Waals surface area contributed by atoms with Crippen LogP contribution < -0.4 is 10.0 Å². The van der Waals surface area contributed by atoms with Crippen molar-refractivity contribution < 1.29 is 8.42 Å². The van der Waals surface area contributed by atoms with Crippen LogP contribution in [-0.4, -0.2) is 33.3 Å². The van der Waals surface area contributed by atoms with E-state index >= 15 is 0 Å². The van der Waals surface area contributed by atoms with Crippen molar-refractivity contribution in [1.29, 1.82) is 0 Å². The average Bonchev–Trinajstić information content (AvgIpc) is 2.31. The van der Waals surface area contributed by atoms with E-state index in [-0.39, 0.29) is 11.3 Å². The van der Waals surface area contributed by atoms with Crippen LogP contribution in [0.1, 0.15) is 51.4 Å². The van der Waals surface area contributed by atoms with Gasteiger partial charge in [-0.15, -0.1) is 0 Å². The molecule has 0 aliphatic heterocycles. The number of hydrogen-bond acceptors (Lipinski definition) is 3. The topological polar surface area (TPSA) is 58.2 Å². The van der Waals surface area contributed by atoms with E-state index in [1.807, 2.05) is 7.05 Å². The molecule has 0 aromatic carbocycles. The molecule has 4 aliphatic carbocycles. The highest BCUT2D eigenvalue weighted by Crippen LogP contribution is 2.55. The normalized spacial score (nSPS) is 39.4. The molecule has 0 heterocycles. The number of rotatable bonds is 7. The van der Waals surface area contributed by atoms with Crippen LogP contribution in [0.2, 0.25) is 0 Å². The summed E-state index contributed by atoms with van der Waals surface area (Å²) in [6.07, 6.45) is 9.01. The van der Waals surface area contributed by atoms with Gasteiger partial charge < -0.3 is 5.32 Å². The Balaban J connectivity index is 1.59. The zero-order valence-electron chi connectivity index (χ0n) is 12.5. The minimum absolute atomic E-state index is 0.0728. The first-order chi connectivity index (χ1) is 9.50. The molecule has 0 radical (unpaired) electrons. The Morgan fingerprint density at radius 3 is 2.05 bits per heavy atom. The van der Waals surface area contributed by atoms with E-state index in [2.05, 4.69) is 10.0 Å². The summed E-state index contributed by atoms with van der Waals surface area (Å²) >= 11 is 0. The van der Waals surface area contributed by atoms with Gasteiger partial charge in [0.05, 0.1) is 5.75 Å². The number of hydrogen-bond donors (Lipinski definition) is 2. The van der Waals surface area contributed by atoms with Crippen molar-refractivity contribution in [3.8, 4) is 0 Å². The van der Waals surface area contributed by atoms with E-state index in [0.717, 1.165) is 56.4 Å². The molecule has 0 amide bonds. The maximum absolute atomic E-state index is 12.3. The van der Waals surface area contributed by atoms with E-state index in [1.54, 1.807) is 0 Å². The maximum atomic E-state index is 12.3. The fourth-order valence-electron chi connectivity index (χ4n) is 5.21. The smallest absolute Gasteiger partial charge is 0.212 e. The van der Waals surface area contributed by atoms with Gasteiger partial charge in [-0.25, -0.2) is 13.1 Å². The minimum Gasteiger partial charge on any atom is -0.320 e. The van der Waals surface area contributed by atoms with Gasteiger partial charge in [-0.3, -0.25) is 0 Å². The molecule has 116 valence electrons. The van der Waals surface area contributed by atoms with Crippen LogP contribution in [0, 0.1) is 17.8 Å². The molecule has 0 aromatic rings. The Morgan fingerprint density at radius 1 is 1.00 bits per heavy atom. The molecule has 0 aromatic heterocycles. The highest BCUT2D eigenvalue weighted by atomic mass is 32.2. The molecule has 4 rings (SSSR count). The number of sulfonamides is 1. The Morgan fingerprint density at radius 2 is 1.55 bits per heavy atom. The van der Waals surface area contributed by atoms with Crippen LogP contribution in [0.25, 0.3) is 0 Å². The summed E-state index contributed by atoms with van der Waals surface area (Å²) in [6, 6.07) is 0. The second kappa shape index (κ2) is 5.58. The standard InChI is InChI=1S/C15H28N2O2S/c1-16-4-2-3-5-20(18,19)17-15-9-12-6-13(10-15)8-14(7-12)11-15/h12-14,16-17H,2-11H2,1H3. The lowest BCUT2D eigenvalue weighted by molar-refractivity contribution is -0.00810. The van der Waals surface area contributed by atoms with Gasteiger partial charge in [-0.1, -0.05) is 0 Å². The molecule has 0 spiro atoms.